The fraction of sp³-hybridized carbons (Fsp3) is 0.370. The van der Waals surface area contributed by atoms with Crippen LogP contribution in [0.15, 0.2) is 54.9 Å². The first-order valence-corrected chi connectivity index (χ1v) is 11.8. The minimum atomic E-state index is -2.88. The number of anilines is 1. The van der Waals surface area contributed by atoms with Gasteiger partial charge < -0.3 is 14.7 Å². The monoisotopic (exact) mass is 501 g/mol. The zero-order valence-corrected chi connectivity index (χ0v) is 20.5. The van der Waals surface area contributed by atoms with Gasteiger partial charge in [0.25, 0.3) is 5.92 Å². The van der Waals surface area contributed by atoms with E-state index in [-0.39, 0.29) is 17.7 Å². The number of hydrogen-bond donors (Lipinski definition) is 1. The van der Waals surface area contributed by atoms with Gasteiger partial charge in [0.05, 0.1) is 0 Å². The van der Waals surface area contributed by atoms with Gasteiger partial charge in [-0.15, -0.1) is 0 Å². The molecule has 1 heterocycles. The smallest absolute Gasteiger partial charge is 0.344 e. The van der Waals surface area contributed by atoms with Crippen molar-refractivity contribution in [2.45, 2.75) is 58.6 Å². The van der Waals surface area contributed by atoms with Crippen LogP contribution in [0, 0.1) is 5.82 Å². The quantitative estimate of drug-likeness (QED) is 0.339. The van der Waals surface area contributed by atoms with Gasteiger partial charge in [0.1, 0.15) is 0 Å². The average Bonchev–Trinajstić information content (AvgIpc) is 2.88. The van der Waals surface area contributed by atoms with Crippen molar-refractivity contribution in [3.05, 3.63) is 82.9 Å². The molecule has 1 aromatic heterocycles. The number of aromatic nitrogens is 2. The lowest BCUT2D eigenvalue weighted by molar-refractivity contribution is -0.144. The van der Waals surface area contributed by atoms with Gasteiger partial charge in [0.2, 0.25) is 5.95 Å². The first-order valence-electron chi connectivity index (χ1n) is 11.8. The van der Waals surface area contributed by atoms with Gasteiger partial charge in [-0.25, -0.2) is 27.9 Å². The summed E-state index contributed by atoms with van der Waals surface area (Å²) in [4.78, 5) is 21.8. The first-order chi connectivity index (χ1) is 17.1. The third-order valence-corrected chi connectivity index (χ3v) is 5.89. The molecule has 0 saturated carbocycles. The zero-order chi connectivity index (χ0) is 26.3. The Bertz CT molecular complexity index is 1160. The van der Waals surface area contributed by atoms with Crippen molar-refractivity contribution in [1.82, 2.24) is 9.97 Å². The second-order valence-electron chi connectivity index (χ2n) is 8.53. The van der Waals surface area contributed by atoms with Crippen molar-refractivity contribution in [3.8, 4) is 5.75 Å². The molecule has 192 valence electrons. The molecule has 3 aromatic rings. The summed E-state index contributed by atoms with van der Waals surface area (Å²) in [6.45, 7) is 5.59. The van der Waals surface area contributed by atoms with Crippen molar-refractivity contribution in [2.75, 3.05) is 11.4 Å². The number of alkyl halides is 2. The number of benzene rings is 2. The van der Waals surface area contributed by atoms with Gasteiger partial charge in [-0.2, -0.15) is 0 Å². The number of hydrogen-bond acceptors (Lipinski definition) is 5. The fourth-order valence-corrected chi connectivity index (χ4v) is 3.52. The number of rotatable bonds is 12. The zero-order valence-electron chi connectivity index (χ0n) is 20.5. The van der Waals surface area contributed by atoms with Crippen LogP contribution in [0.3, 0.4) is 0 Å². The Kier molecular flexibility index (Phi) is 8.90. The number of nitrogens with zero attached hydrogens (tertiary/aromatic N) is 3. The molecule has 0 bridgehead atoms. The van der Waals surface area contributed by atoms with Crippen molar-refractivity contribution in [1.29, 1.82) is 0 Å². The minimum absolute atomic E-state index is 0.0288. The Labute approximate surface area is 208 Å². The molecule has 6 nitrogen and oxygen atoms in total. The van der Waals surface area contributed by atoms with Crippen LogP contribution in [0.1, 0.15) is 49.4 Å². The third kappa shape index (κ3) is 6.96. The lowest BCUT2D eigenvalue weighted by Gasteiger charge is -2.23. The number of aliphatic carboxylic acids is 1. The lowest BCUT2D eigenvalue weighted by Crippen LogP contribution is -2.27. The second-order valence-corrected chi connectivity index (χ2v) is 8.53. The van der Waals surface area contributed by atoms with Gasteiger partial charge in [0.15, 0.2) is 17.7 Å². The summed E-state index contributed by atoms with van der Waals surface area (Å²) in [5.41, 5.74) is 2.44. The maximum absolute atomic E-state index is 14.5. The Morgan fingerprint density at radius 2 is 1.69 bits per heavy atom. The van der Waals surface area contributed by atoms with Gasteiger partial charge >= 0.3 is 5.97 Å². The average molecular weight is 502 g/mol. The predicted octanol–water partition coefficient (Wildman–Crippen LogP) is 5.78. The third-order valence-electron chi connectivity index (χ3n) is 5.89. The van der Waals surface area contributed by atoms with E-state index in [1.165, 1.54) is 38.1 Å². The molecule has 9 heteroatoms. The molecule has 1 atom stereocenters. The first kappa shape index (κ1) is 27.0. The predicted molar refractivity (Wildman–Crippen MR) is 131 cm³/mol. The molecule has 1 N–H and O–H groups in total. The molecule has 0 spiro atoms. The molecule has 0 amide bonds. The van der Waals surface area contributed by atoms with Crippen LogP contribution in [0.4, 0.5) is 19.1 Å². The van der Waals surface area contributed by atoms with Gasteiger partial charge in [-0.3, -0.25) is 0 Å². The summed E-state index contributed by atoms with van der Waals surface area (Å²) in [6.07, 6.45) is 3.28. The summed E-state index contributed by atoms with van der Waals surface area (Å²) >= 11 is 0. The number of aryl methyl sites for hydroxylation is 1. The Hall–Kier alpha value is -3.62. The molecule has 0 saturated heterocycles. The molecule has 1 unspecified atom stereocenters. The summed E-state index contributed by atoms with van der Waals surface area (Å²) < 4.78 is 47.6. The topological polar surface area (TPSA) is 75.6 Å². The van der Waals surface area contributed by atoms with E-state index < -0.39 is 23.8 Å². The number of carbonyl (C=O) groups is 1. The van der Waals surface area contributed by atoms with E-state index in [4.69, 9.17) is 9.84 Å². The number of carboxylic acid groups (broad SMARTS) is 1. The second kappa shape index (κ2) is 11.9. The van der Waals surface area contributed by atoms with Gasteiger partial charge in [0, 0.05) is 37.5 Å². The minimum Gasteiger partial charge on any atom is -0.479 e. The van der Waals surface area contributed by atoms with Crippen molar-refractivity contribution < 1.29 is 27.8 Å². The Morgan fingerprint density at radius 1 is 1.06 bits per heavy atom. The lowest BCUT2D eigenvalue weighted by atomic mass is 10.0. The fourth-order valence-electron chi connectivity index (χ4n) is 3.52. The van der Waals surface area contributed by atoms with E-state index in [2.05, 4.69) is 9.97 Å². The van der Waals surface area contributed by atoms with E-state index in [0.29, 0.717) is 31.0 Å². The Morgan fingerprint density at radius 3 is 2.25 bits per heavy atom. The molecule has 2 aromatic carbocycles. The van der Waals surface area contributed by atoms with Gasteiger partial charge in [-0.1, -0.05) is 44.2 Å². The number of ether oxygens (including phenoxy) is 1. The number of halogens is 3. The van der Waals surface area contributed by atoms with Crippen LogP contribution >= 0.6 is 0 Å². The SMILES string of the molecule is CCc1cnc(N(CCc2ccc(OC(C)C(=O)O)c(F)c2)Cc2ccc(C(F)(F)CC)cc2)nc1. The maximum Gasteiger partial charge on any atom is 0.344 e. The van der Waals surface area contributed by atoms with E-state index in [1.807, 2.05) is 11.8 Å². The molecule has 3 rings (SSSR count). The molecule has 0 aliphatic rings. The highest BCUT2D eigenvalue weighted by molar-refractivity contribution is 5.72. The van der Waals surface area contributed by atoms with E-state index in [9.17, 15) is 18.0 Å². The van der Waals surface area contributed by atoms with Crippen molar-refractivity contribution >= 4 is 11.9 Å². The molecule has 0 fully saturated rings. The highest BCUT2D eigenvalue weighted by atomic mass is 19.3. The summed E-state index contributed by atoms with van der Waals surface area (Å²) in [6, 6.07) is 10.6. The van der Waals surface area contributed by atoms with E-state index >= 15 is 0 Å². The van der Waals surface area contributed by atoms with E-state index in [0.717, 1.165) is 17.5 Å². The standard InChI is InChI=1S/C27H30F3N3O3/c1-4-19-15-31-26(32-16-19)33(17-21-6-9-22(10-7-21)27(29,30)5-2)13-12-20-8-11-24(23(28)14-20)36-18(3)25(34)35/h6-11,14-16,18H,4-5,12-13,17H2,1-3H3,(H,34,35). The summed E-state index contributed by atoms with van der Waals surface area (Å²) in [5, 5.41) is 8.96. The van der Waals surface area contributed by atoms with Gasteiger partial charge in [-0.05, 0) is 48.6 Å². The molecular weight excluding hydrogens is 471 g/mol. The normalized spacial score (nSPS) is 12.3. The van der Waals surface area contributed by atoms with Crippen LogP contribution in [0.25, 0.3) is 0 Å². The summed E-state index contributed by atoms with van der Waals surface area (Å²) in [5.74, 6) is -4.36. The maximum atomic E-state index is 14.5. The van der Waals surface area contributed by atoms with Crippen LogP contribution in [0.5, 0.6) is 5.75 Å². The van der Waals surface area contributed by atoms with Crippen LogP contribution in [-0.4, -0.2) is 33.7 Å². The van der Waals surface area contributed by atoms with Crippen LogP contribution in [0.2, 0.25) is 0 Å². The molecule has 36 heavy (non-hydrogen) atoms. The molecule has 0 radical (unpaired) electrons. The van der Waals surface area contributed by atoms with E-state index in [1.54, 1.807) is 30.6 Å². The highest BCUT2D eigenvalue weighted by Gasteiger charge is 2.28. The van der Waals surface area contributed by atoms with Crippen LogP contribution < -0.4 is 9.64 Å². The Balaban J connectivity index is 1.77. The highest BCUT2D eigenvalue weighted by Crippen LogP contribution is 2.31. The van der Waals surface area contributed by atoms with Crippen molar-refractivity contribution in [3.63, 3.8) is 0 Å². The molecule has 0 aliphatic heterocycles. The molecular formula is C27H30F3N3O3. The molecule has 0 aliphatic carbocycles. The number of carboxylic acids is 1. The van der Waals surface area contributed by atoms with Crippen LogP contribution in [-0.2, 0) is 30.1 Å². The summed E-state index contributed by atoms with van der Waals surface area (Å²) in [7, 11) is 0. The van der Waals surface area contributed by atoms with Crippen molar-refractivity contribution in [2.24, 2.45) is 0 Å². The largest absolute Gasteiger partial charge is 0.479 e.